The third kappa shape index (κ3) is 4.20. The van der Waals surface area contributed by atoms with E-state index < -0.39 is 9.84 Å². The number of fused-ring (bicyclic) bond motifs is 1. The van der Waals surface area contributed by atoms with E-state index in [9.17, 15) is 13.5 Å². The summed E-state index contributed by atoms with van der Waals surface area (Å²) in [6, 6.07) is 14.3. The fourth-order valence-corrected chi connectivity index (χ4v) is 7.65. The van der Waals surface area contributed by atoms with E-state index in [2.05, 4.69) is 19.6 Å². The van der Waals surface area contributed by atoms with Crippen molar-refractivity contribution in [3.63, 3.8) is 0 Å². The molecule has 2 atom stereocenters. The number of hydrogen-bond acceptors (Lipinski definition) is 4. The van der Waals surface area contributed by atoms with Crippen molar-refractivity contribution in [1.82, 2.24) is 0 Å². The van der Waals surface area contributed by atoms with Crippen LogP contribution in [0.3, 0.4) is 0 Å². The Bertz CT molecular complexity index is 899. The highest BCUT2D eigenvalue weighted by Crippen LogP contribution is 2.45. The molecule has 0 unspecified atom stereocenters. The maximum atomic E-state index is 12.7. The molecule has 0 radical (unpaired) electrons. The number of sulfone groups is 1. The summed E-state index contributed by atoms with van der Waals surface area (Å²) in [4.78, 5) is 0.372. The molecule has 4 N–H and O–H groups in total. The molecule has 0 aromatic heterocycles. The van der Waals surface area contributed by atoms with E-state index in [0.717, 1.165) is 19.3 Å². The Balaban J connectivity index is 0.00000280. The predicted molar refractivity (Wildman–Crippen MR) is 111 cm³/mol. The molecule has 0 bridgehead atoms. The Morgan fingerprint density at radius 3 is 2.39 bits per heavy atom. The molecule has 1 aliphatic carbocycles. The lowest BCUT2D eigenvalue weighted by Crippen LogP contribution is -3.00. The lowest BCUT2D eigenvalue weighted by Gasteiger charge is -2.44. The van der Waals surface area contributed by atoms with Crippen molar-refractivity contribution >= 4 is 21.6 Å². The summed E-state index contributed by atoms with van der Waals surface area (Å²) in [5, 5.41) is 10.2. The fourth-order valence-electron chi connectivity index (χ4n) is 4.32. The Hall–Kier alpha value is -1.21. The van der Waals surface area contributed by atoms with Gasteiger partial charge in [0.25, 0.3) is 0 Å². The van der Waals surface area contributed by atoms with Crippen LogP contribution in [0.5, 0.6) is 5.75 Å². The second kappa shape index (κ2) is 9.08. The number of hydrogen-bond donors (Lipinski definition) is 2. The van der Waals surface area contributed by atoms with Gasteiger partial charge in [0.15, 0.2) is 9.84 Å². The molecule has 0 heterocycles. The van der Waals surface area contributed by atoms with Crippen LogP contribution in [-0.4, -0.2) is 29.9 Å². The zero-order chi connectivity index (χ0) is 19.7. The highest BCUT2D eigenvalue weighted by atomic mass is 35.5. The zero-order valence-corrected chi connectivity index (χ0v) is 18.7. The summed E-state index contributed by atoms with van der Waals surface area (Å²) < 4.78 is 25.4. The summed E-state index contributed by atoms with van der Waals surface area (Å²) in [5.74, 6) is 0.282. The van der Waals surface area contributed by atoms with Crippen molar-refractivity contribution in [3.8, 4) is 5.75 Å². The van der Waals surface area contributed by atoms with Gasteiger partial charge in [0, 0.05) is 5.41 Å². The van der Waals surface area contributed by atoms with E-state index in [1.807, 2.05) is 18.2 Å². The largest absolute Gasteiger partial charge is 1.00 e. The Morgan fingerprint density at radius 2 is 1.79 bits per heavy atom. The number of halogens is 1. The molecule has 2 aromatic carbocycles. The minimum atomic E-state index is -3.32. The number of phenolic OH excluding ortho intramolecular Hbond substituents is 1. The maximum Gasteiger partial charge on any atom is 0.187 e. The smallest absolute Gasteiger partial charge is 0.187 e. The Kier molecular flexibility index (Phi) is 7.48. The maximum absolute atomic E-state index is 12.7. The predicted octanol–water partition coefficient (Wildman–Crippen LogP) is 0.154. The quantitative estimate of drug-likeness (QED) is 0.668. The van der Waals surface area contributed by atoms with E-state index in [4.69, 9.17) is 0 Å². The van der Waals surface area contributed by atoms with Crippen molar-refractivity contribution in [3.05, 3.63) is 59.7 Å². The molecule has 28 heavy (non-hydrogen) atoms. The first-order valence-electron chi connectivity index (χ1n) is 9.39. The molecule has 3 rings (SSSR count). The van der Waals surface area contributed by atoms with Gasteiger partial charge in [-0.15, -0.1) is 11.8 Å². The summed E-state index contributed by atoms with van der Waals surface area (Å²) in [7, 11) is -3.32. The van der Waals surface area contributed by atoms with Gasteiger partial charge in [-0.1, -0.05) is 38.1 Å². The van der Waals surface area contributed by atoms with Gasteiger partial charge in [-0.3, -0.25) is 0 Å². The van der Waals surface area contributed by atoms with Crippen LogP contribution in [0, 0.1) is 0 Å². The normalized spacial score (nSPS) is 20.8. The molecule has 7 heteroatoms. The molecule has 154 valence electrons. The van der Waals surface area contributed by atoms with Gasteiger partial charge in [-0.05, 0) is 54.7 Å². The molecule has 0 saturated heterocycles. The van der Waals surface area contributed by atoms with Crippen molar-refractivity contribution in [2.24, 2.45) is 0 Å². The molecule has 4 nitrogen and oxygen atoms in total. The van der Waals surface area contributed by atoms with E-state index in [1.54, 1.807) is 30.3 Å². The van der Waals surface area contributed by atoms with Crippen LogP contribution in [0.15, 0.2) is 53.4 Å². The van der Waals surface area contributed by atoms with E-state index in [1.165, 1.54) is 22.9 Å². The van der Waals surface area contributed by atoms with E-state index >= 15 is 0 Å². The highest BCUT2D eigenvalue weighted by Gasteiger charge is 2.48. The standard InChI is InChI=1S/C21H27NO3S2.ClH/c1-3-21(4-2)18-13-16(23)11-10-15(18)12-19(20(21)22)26-14-27(24,25)17-8-6-5-7-9-17;/h5-11,13,19-20,23H,3-4,12,14,22H2,1-2H3;1H/t19-,20+;/m0./s1. The van der Waals surface area contributed by atoms with Crippen LogP contribution in [0.2, 0.25) is 0 Å². The van der Waals surface area contributed by atoms with Crippen molar-refractivity contribution in [2.45, 2.75) is 54.7 Å². The molecule has 0 aliphatic heterocycles. The molecule has 0 fully saturated rings. The number of phenols is 1. The number of aromatic hydroxyl groups is 1. The third-order valence-corrected chi connectivity index (χ3v) is 9.71. The number of quaternary nitrogens is 1. The van der Waals surface area contributed by atoms with Crippen LogP contribution in [0.1, 0.15) is 37.8 Å². The lowest BCUT2D eigenvalue weighted by atomic mass is 9.63. The van der Waals surface area contributed by atoms with Crippen LogP contribution >= 0.6 is 11.8 Å². The third-order valence-electron chi connectivity index (χ3n) is 6.01. The fraction of sp³-hybridized carbons (Fsp3) is 0.429. The minimum absolute atomic E-state index is 0. The Morgan fingerprint density at radius 1 is 1.14 bits per heavy atom. The molecular weight excluding hydrogens is 414 g/mol. The summed E-state index contributed by atoms with van der Waals surface area (Å²) in [6.45, 7) is 4.31. The minimum Gasteiger partial charge on any atom is -1.00 e. The van der Waals surface area contributed by atoms with Crippen LogP contribution in [-0.2, 0) is 21.7 Å². The van der Waals surface area contributed by atoms with Gasteiger partial charge in [0.1, 0.15) is 16.9 Å². The van der Waals surface area contributed by atoms with Crippen molar-refractivity contribution < 1.29 is 31.7 Å². The average molecular weight is 442 g/mol. The molecule has 0 saturated carbocycles. The van der Waals surface area contributed by atoms with Crippen LogP contribution < -0.4 is 18.1 Å². The van der Waals surface area contributed by atoms with Gasteiger partial charge in [0.2, 0.25) is 0 Å². The van der Waals surface area contributed by atoms with Gasteiger partial charge < -0.3 is 23.2 Å². The van der Waals surface area contributed by atoms with Gasteiger partial charge >= 0.3 is 0 Å². The molecule has 1 aliphatic rings. The SMILES string of the molecule is CCC1(CC)c2cc(O)ccc2C[C@H](SCS(=O)(=O)c2ccccc2)[C@H]1[NH3+].[Cl-]. The zero-order valence-electron chi connectivity index (χ0n) is 16.3. The highest BCUT2D eigenvalue weighted by molar-refractivity contribution is 8.12. The first kappa shape index (κ1) is 23.1. The number of rotatable bonds is 6. The number of thioether (sulfide) groups is 1. The first-order chi connectivity index (χ1) is 12.8. The van der Waals surface area contributed by atoms with Crippen molar-refractivity contribution in [1.29, 1.82) is 0 Å². The van der Waals surface area contributed by atoms with E-state index in [-0.39, 0.29) is 39.9 Å². The van der Waals surface area contributed by atoms with Gasteiger partial charge in [-0.25, -0.2) is 8.42 Å². The van der Waals surface area contributed by atoms with Gasteiger partial charge in [0.05, 0.1) is 10.1 Å². The van der Waals surface area contributed by atoms with Crippen LogP contribution in [0.4, 0.5) is 0 Å². The second-order valence-corrected chi connectivity index (χ2v) is 10.8. The lowest BCUT2D eigenvalue weighted by molar-refractivity contribution is -0.439. The average Bonchev–Trinajstić information content (AvgIpc) is 2.68. The monoisotopic (exact) mass is 441 g/mol. The van der Waals surface area contributed by atoms with E-state index in [0.29, 0.717) is 4.90 Å². The first-order valence-corrected chi connectivity index (χ1v) is 12.1. The topological polar surface area (TPSA) is 82.0 Å². The molecular formula is C21H28ClNO3S2. The van der Waals surface area contributed by atoms with Crippen molar-refractivity contribution in [2.75, 3.05) is 5.08 Å². The Labute approximate surface area is 178 Å². The molecule has 2 aromatic rings. The van der Waals surface area contributed by atoms with Gasteiger partial charge in [-0.2, -0.15) is 0 Å². The number of benzene rings is 2. The summed E-state index contributed by atoms with van der Waals surface area (Å²) >= 11 is 1.50. The van der Waals surface area contributed by atoms with Crippen LogP contribution in [0.25, 0.3) is 0 Å². The summed E-state index contributed by atoms with van der Waals surface area (Å²) in [5.41, 5.74) is 6.72. The second-order valence-electron chi connectivity index (χ2n) is 7.27. The molecule has 0 spiro atoms. The summed E-state index contributed by atoms with van der Waals surface area (Å²) in [6.07, 6.45) is 2.60. The molecule has 0 amide bonds.